The van der Waals surface area contributed by atoms with Crippen molar-refractivity contribution in [2.24, 2.45) is 5.92 Å². The minimum atomic E-state index is 0.593. The molecule has 0 aromatic heterocycles. The Bertz CT molecular complexity index is 356. The van der Waals surface area contributed by atoms with Gasteiger partial charge in [0, 0.05) is 16.2 Å². The van der Waals surface area contributed by atoms with Crippen LogP contribution in [0.25, 0.3) is 0 Å². The average molecular weight is 282 g/mol. The standard InChI is InChI=1S/C14H20BrN/c1-10-13(15)8-5-9-14(10)16-11(2)12-6-3-4-7-12/h5,8-9,11-12,16H,3-4,6-7H2,1-2H3. The Hall–Kier alpha value is -0.500. The van der Waals surface area contributed by atoms with Crippen molar-refractivity contribution in [2.45, 2.75) is 45.6 Å². The number of hydrogen-bond acceptors (Lipinski definition) is 1. The quantitative estimate of drug-likeness (QED) is 0.843. The Morgan fingerprint density at radius 2 is 2.00 bits per heavy atom. The second-order valence-corrected chi connectivity index (χ2v) is 5.74. The van der Waals surface area contributed by atoms with E-state index in [1.807, 2.05) is 0 Å². The van der Waals surface area contributed by atoms with Crippen LogP contribution in [-0.4, -0.2) is 6.04 Å². The first-order valence-corrected chi connectivity index (χ1v) is 6.99. The van der Waals surface area contributed by atoms with Crippen molar-refractivity contribution in [3.8, 4) is 0 Å². The van der Waals surface area contributed by atoms with Crippen molar-refractivity contribution in [3.05, 3.63) is 28.2 Å². The van der Waals surface area contributed by atoms with Crippen molar-refractivity contribution >= 4 is 21.6 Å². The van der Waals surface area contributed by atoms with Gasteiger partial charge in [-0.1, -0.05) is 34.8 Å². The highest BCUT2D eigenvalue weighted by atomic mass is 79.9. The number of hydrogen-bond donors (Lipinski definition) is 1. The Morgan fingerprint density at radius 1 is 1.31 bits per heavy atom. The van der Waals surface area contributed by atoms with Gasteiger partial charge in [0.1, 0.15) is 0 Å². The van der Waals surface area contributed by atoms with E-state index < -0.39 is 0 Å². The maximum Gasteiger partial charge on any atom is 0.0383 e. The maximum atomic E-state index is 3.66. The first-order valence-electron chi connectivity index (χ1n) is 6.20. The molecule has 88 valence electrons. The largest absolute Gasteiger partial charge is 0.382 e. The molecule has 2 heteroatoms. The molecule has 1 unspecified atom stereocenters. The Balaban J connectivity index is 2.05. The molecule has 1 aromatic rings. The van der Waals surface area contributed by atoms with Crippen LogP contribution in [-0.2, 0) is 0 Å². The summed E-state index contributed by atoms with van der Waals surface area (Å²) in [5, 5.41) is 3.66. The molecule has 1 aliphatic rings. The SMILES string of the molecule is Cc1c(Br)cccc1NC(C)C1CCCC1. The van der Waals surface area contributed by atoms with Gasteiger partial charge in [-0.3, -0.25) is 0 Å². The molecule has 1 aromatic carbocycles. The second-order valence-electron chi connectivity index (χ2n) is 4.89. The van der Waals surface area contributed by atoms with Crippen LogP contribution < -0.4 is 5.32 Å². The fraction of sp³-hybridized carbons (Fsp3) is 0.571. The number of nitrogens with one attached hydrogen (secondary N) is 1. The normalized spacial score (nSPS) is 18.7. The van der Waals surface area contributed by atoms with E-state index in [2.05, 4.69) is 53.3 Å². The molecule has 0 amide bonds. The van der Waals surface area contributed by atoms with Gasteiger partial charge in [0.25, 0.3) is 0 Å². The summed E-state index contributed by atoms with van der Waals surface area (Å²) in [4.78, 5) is 0. The Kier molecular flexibility index (Phi) is 3.91. The fourth-order valence-electron chi connectivity index (χ4n) is 2.58. The molecule has 0 radical (unpaired) electrons. The van der Waals surface area contributed by atoms with E-state index in [1.54, 1.807) is 0 Å². The topological polar surface area (TPSA) is 12.0 Å². The molecule has 1 nitrogen and oxygen atoms in total. The van der Waals surface area contributed by atoms with Crippen LogP contribution in [0.2, 0.25) is 0 Å². The van der Waals surface area contributed by atoms with Crippen LogP contribution in [0.4, 0.5) is 5.69 Å². The van der Waals surface area contributed by atoms with E-state index in [0.717, 1.165) is 5.92 Å². The first kappa shape index (κ1) is 12.0. The van der Waals surface area contributed by atoms with E-state index in [4.69, 9.17) is 0 Å². The lowest BCUT2D eigenvalue weighted by atomic mass is 9.99. The summed E-state index contributed by atoms with van der Waals surface area (Å²) >= 11 is 3.58. The zero-order valence-corrected chi connectivity index (χ0v) is 11.7. The summed E-state index contributed by atoms with van der Waals surface area (Å²) in [6.45, 7) is 4.48. The average Bonchev–Trinajstić information content (AvgIpc) is 2.78. The van der Waals surface area contributed by atoms with Gasteiger partial charge < -0.3 is 5.32 Å². The van der Waals surface area contributed by atoms with E-state index in [-0.39, 0.29) is 0 Å². The van der Waals surface area contributed by atoms with Crippen molar-refractivity contribution in [1.29, 1.82) is 0 Å². The number of benzene rings is 1. The molecule has 1 aliphatic carbocycles. The van der Waals surface area contributed by atoms with Gasteiger partial charge in [0.15, 0.2) is 0 Å². The van der Waals surface area contributed by atoms with Crippen LogP contribution in [0.1, 0.15) is 38.2 Å². The first-order chi connectivity index (χ1) is 7.68. The lowest BCUT2D eigenvalue weighted by molar-refractivity contribution is 0.482. The number of anilines is 1. The van der Waals surface area contributed by atoms with Gasteiger partial charge >= 0.3 is 0 Å². The number of rotatable bonds is 3. The fourth-order valence-corrected chi connectivity index (χ4v) is 2.95. The van der Waals surface area contributed by atoms with Gasteiger partial charge in [-0.2, -0.15) is 0 Å². The third-order valence-electron chi connectivity index (χ3n) is 3.76. The highest BCUT2D eigenvalue weighted by molar-refractivity contribution is 9.10. The number of halogens is 1. The predicted octanol–water partition coefficient (Wildman–Crippen LogP) is 4.75. The molecular formula is C14H20BrN. The van der Waals surface area contributed by atoms with E-state index in [0.29, 0.717) is 6.04 Å². The zero-order chi connectivity index (χ0) is 11.5. The molecular weight excluding hydrogens is 262 g/mol. The molecule has 1 saturated carbocycles. The van der Waals surface area contributed by atoms with E-state index in [1.165, 1.54) is 41.4 Å². The van der Waals surface area contributed by atoms with Gasteiger partial charge in [-0.05, 0) is 50.3 Å². The molecule has 0 heterocycles. The van der Waals surface area contributed by atoms with Crippen molar-refractivity contribution in [1.82, 2.24) is 0 Å². The molecule has 1 fully saturated rings. The zero-order valence-electron chi connectivity index (χ0n) is 10.1. The van der Waals surface area contributed by atoms with Crippen molar-refractivity contribution in [2.75, 3.05) is 5.32 Å². The van der Waals surface area contributed by atoms with Gasteiger partial charge in [0.2, 0.25) is 0 Å². The Labute approximate surface area is 107 Å². The molecule has 1 atom stereocenters. The van der Waals surface area contributed by atoms with Crippen LogP contribution in [0.15, 0.2) is 22.7 Å². The highest BCUT2D eigenvalue weighted by Crippen LogP contribution is 2.31. The molecule has 0 aliphatic heterocycles. The van der Waals surface area contributed by atoms with E-state index >= 15 is 0 Å². The molecule has 2 rings (SSSR count). The maximum absolute atomic E-state index is 3.66. The van der Waals surface area contributed by atoms with Crippen molar-refractivity contribution < 1.29 is 0 Å². The van der Waals surface area contributed by atoms with Crippen LogP contribution in [0, 0.1) is 12.8 Å². The smallest absolute Gasteiger partial charge is 0.0383 e. The molecule has 0 saturated heterocycles. The van der Waals surface area contributed by atoms with Crippen molar-refractivity contribution in [3.63, 3.8) is 0 Å². The molecule has 1 N–H and O–H groups in total. The minimum Gasteiger partial charge on any atom is -0.382 e. The second kappa shape index (κ2) is 5.22. The minimum absolute atomic E-state index is 0.593. The summed E-state index contributed by atoms with van der Waals surface area (Å²) < 4.78 is 1.19. The van der Waals surface area contributed by atoms with Crippen LogP contribution in [0.5, 0.6) is 0 Å². The van der Waals surface area contributed by atoms with Crippen LogP contribution in [0.3, 0.4) is 0 Å². The van der Waals surface area contributed by atoms with Gasteiger partial charge in [0.05, 0.1) is 0 Å². The van der Waals surface area contributed by atoms with Gasteiger partial charge in [-0.15, -0.1) is 0 Å². The summed E-state index contributed by atoms with van der Waals surface area (Å²) in [5.41, 5.74) is 2.58. The highest BCUT2D eigenvalue weighted by Gasteiger charge is 2.21. The predicted molar refractivity (Wildman–Crippen MR) is 73.9 cm³/mol. The molecule has 0 bridgehead atoms. The third kappa shape index (κ3) is 2.60. The molecule has 16 heavy (non-hydrogen) atoms. The Morgan fingerprint density at radius 3 is 2.69 bits per heavy atom. The monoisotopic (exact) mass is 281 g/mol. The summed E-state index contributed by atoms with van der Waals surface area (Å²) in [6, 6.07) is 6.96. The summed E-state index contributed by atoms with van der Waals surface area (Å²) in [5.74, 6) is 0.860. The van der Waals surface area contributed by atoms with E-state index in [9.17, 15) is 0 Å². The lowest BCUT2D eigenvalue weighted by Gasteiger charge is -2.23. The van der Waals surface area contributed by atoms with Gasteiger partial charge in [-0.25, -0.2) is 0 Å². The van der Waals surface area contributed by atoms with Crippen LogP contribution >= 0.6 is 15.9 Å². The summed E-state index contributed by atoms with van der Waals surface area (Å²) in [6.07, 6.45) is 5.60. The summed E-state index contributed by atoms with van der Waals surface area (Å²) in [7, 11) is 0. The third-order valence-corrected chi connectivity index (χ3v) is 4.62. The molecule has 0 spiro atoms. The lowest BCUT2D eigenvalue weighted by Crippen LogP contribution is -2.24.